The van der Waals surface area contributed by atoms with Gasteiger partial charge in [0.1, 0.15) is 11.5 Å². The molecule has 0 spiro atoms. The van der Waals surface area contributed by atoms with Gasteiger partial charge >= 0.3 is 0 Å². The average molecular weight is 289 g/mol. The first-order valence-corrected chi connectivity index (χ1v) is 7.77. The van der Waals surface area contributed by atoms with Crippen molar-refractivity contribution in [3.05, 3.63) is 24.3 Å². The van der Waals surface area contributed by atoms with Crippen molar-refractivity contribution in [2.24, 2.45) is 11.8 Å². The second-order valence-electron chi connectivity index (χ2n) is 6.23. The molecule has 2 bridgehead atoms. The van der Waals surface area contributed by atoms with Gasteiger partial charge in [-0.15, -0.1) is 0 Å². The molecule has 3 rings (SSSR count). The highest BCUT2D eigenvalue weighted by molar-refractivity contribution is 5.81. The van der Waals surface area contributed by atoms with E-state index in [0.717, 1.165) is 18.1 Å². The largest absolute Gasteiger partial charge is 0.497 e. The number of hydrogen-bond acceptors (Lipinski definition) is 3. The van der Waals surface area contributed by atoms with Crippen molar-refractivity contribution < 1.29 is 14.3 Å². The number of benzene rings is 1. The SMILES string of the molecule is COc1cccc(O[C@@H](C)C(=O)N[C@H]2C[C@H]3CC[C@H]2C3)c1. The maximum atomic E-state index is 12.3. The third-order valence-corrected chi connectivity index (χ3v) is 4.79. The summed E-state index contributed by atoms with van der Waals surface area (Å²) >= 11 is 0. The van der Waals surface area contributed by atoms with Gasteiger partial charge in [-0.1, -0.05) is 12.5 Å². The Hall–Kier alpha value is -1.71. The van der Waals surface area contributed by atoms with Crippen molar-refractivity contribution in [1.82, 2.24) is 5.32 Å². The predicted molar refractivity (Wildman–Crippen MR) is 80.5 cm³/mol. The lowest BCUT2D eigenvalue weighted by Crippen LogP contribution is -2.44. The second-order valence-corrected chi connectivity index (χ2v) is 6.23. The van der Waals surface area contributed by atoms with Gasteiger partial charge in [-0.05, 0) is 50.2 Å². The molecule has 0 unspecified atom stereocenters. The average Bonchev–Trinajstić information content (AvgIpc) is 3.10. The summed E-state index contributed by atoms with van der Waals surface area (Å²) in [6.07, 6.45) is 4.54. The summed E-state index contributed by atoms with van der Waals surface area (Å²) in [6.45, 7) is 1.79. The molecule has 114 valence electrons. The molecule has 1 N–H and O–H groups in total. The Bertz CT molecular complexity index is 517. The van der Waals surface area contributed by atoms with E-state index in [-0.39, 0.29) is 5.91 Å². The maximum absolute atomic E-state index is 12.3. The Kier molecular flexibility index (Phi) is 4.04. The Balaban J connectivity index is 1.54. The molecular weight excluding hydrogens is 266 g/mol. The van der Waals surface area contributed by atoms with Crippen LogP contribution in [0.25, 0.3) is 0 Å². The van der Waals surface area contributed by atoms with Crippen LogP contribution in [0, 0.1) is 11.8 Å². The van der Waals surface area contributed by atoms with E-state index in [0.29, 0.717) is 17.7 Å². The van der Waals surface area contributed by atoms with E-state index in [1.165, 1.54) is 19.3 Å². The molecule has 21 heavy (non-hydrogen) atoms. The van der Waals surface area contributed by atoms with Crippen LogP contribution >= 0.6 is 0 Å². The van der Waals surface area contributed by atoms with Gasteiger partial charge in [-0.3, -0.25) is 4.79 Å². The number of fused-ring (bicyclic) bond motifs is 2. The highest BCUT2D eigenvalue weighted by Crippen LogP contribution is 2.44. The number of carbonyl (C=O) groups excluding carboxylic acids is 1. The third-order valence-electron chi connectivity index (χ3n) is 4.79. The topological polar surface area (TPSA) is 47.6 Å². The fourth-order valence-electron chi connectivity index (χ4n) is 3.65. The summed E-state index contributed by atoms with van der Waals surface area (Å²) in [5.74, 6) is 2.88. The van der Waals surface area contributed by atoms with E-state index in [9.17, 15) is 4.79 Å². The van der Waals surface area contributed by atoms with Crippen LogP contribution in [-0.4, -0.2) is 25.2 Å². The van der Waals surface area contributed by atoms with Crippen LogP contribution in [0.2, 0.25) is 0 Å². The lowest BCUT2D eigenvalue weighted by molar-refractivity contribution is -0.128. The lowest BCUT2D eigenvalue weighted by Gasteiger charge is -2.24. The molecule has 0 aromatic heterocycles. The molecule has 0 heterocycles. The van der Waals surface area contributed by atoms with Gasteiger partial charge in [0, 0.05) is 12.1 Å². The van der Waals surface area contributed by atoms with E-state index in [4.69, 9.17) is 9.47 Å². The van der Waals surface area contributed by atoms with Gasteiger partial charge in [-0.25, -0.2) is 0 Å². The van der Waals surface area contributed by atoms with Gasteiger partial charge < -0.3 is 14.8 Å². The molecule has 1 amide bonds. The highest BCUT2D eigenvalue weighted by Gasteiger charge is 2.40. The highest BCUT2D eigenvalue weighted by atomic mass is 16.5. The summed E-state index contributed by atoms with van der Waals surface area (Å²) < 4.78 is 10.9. The number of methoxy groups -OCH3 is 1. The molecule has 1 aromatic carbocycles. The van der Waals surface area contributed by atoms with Crippen LogP contribution in [0.4, 0.5) is 0 Å². The summed E-state index contributed by atoms with van der Waals surface area (Å²) in [7, 11) is 1.62. The van der Waals surface area contributed by atoms with Crippen LogP contribution in [0.5, 0.6) is 11.5 Å². The minimum atomic E-state index is -0.490. The zero-order valence-electron chi connectivity index (χ0n) is 12.7. The van der Waals surface area contributed by atoms with Crippen molar-refractivity contribution in [3.63, 3.8) is 0 Å². The standard InChI is InChI=1S/C17H23NO3/c1-11(21-15-5-3-4-14(10-15)20-2)17(19)18-16-9-12-6-7-13(16)8-12/h3-5,10-13,16H,6-9H2,1-2H3,(H,18,19)/t11-,12-,13-,16-/m0/s1. The lowest BCUT2D eigenvalue weighted by atomic mass is 9.95. The first-order chi connectivity index (χ1) is 10.2. The molecule has 2 aliphatic rings. The Morgan fingerprint density at radius 2 is 2.10 bits per heavy atom. The third kappa shape index (κ3) is 3.14. The molecule has 0 aliphatic heterocycles. The number of ether oxygens (including phenoxy) is 2. The molecule has 4 heteroatoms. The van der Waals surface area contributed by atoms with Gasteiger partial charge in [-0.2, -0.15) is 0 Å². The number of nitrogens with one attached hydrogen (secondary N) is 1. The first kappa shape index (κ1) is 14.2. The molecule has 2 saturated carbocycles. The first-order valence-electron chi connectivity index (χ1n) is 7.77. The fraction of sp³-hybridized carbons (Fsp3) is 0.588. The second kappa shape index (κ2) is 5.96. The monoisotopic (exact) mass is 289 g/mol. The van der Waals surface area contributed by atoms with Crippen LogP contribution in [0.3, 0.4) is 0 Å². The Labute approximate surface area is 125 Å². The zero-order valence-corrected chi connectivity index (χ0v) is 12.7. The van der Waals surface area contributed by atoms with E-state index < -0.39 is 6.10 Å². The predicted octanol–water partition coefficient (Wildman–Crippen LogP) is 2.77. The van der Waals surface area contributed by atoms with Crippen molar-refractivity contribution in [3.8, 4) is 11.5 Å². The van der Waals surface area contributed by atoms with E-state index >= 15 is 0 Å². The number of carbonyl (C=O) groups is 1. The quantitative estimate of drug-likeness (QED) is 0.906. The van der Waals surface area contributed by atoms with E-state index in [1.807, 2.05) is 18.2 Å². The van der Waals surface area contributed by atoms with E-state index in [2.05, 4.69) is 5.32 Å². The van der Waals surface area contributed by atoms with Crippen molar-refractivity contribution >= 4 is 5.91 Å². The van der Waals surface area contributed by atoms with Crippen molar-refractivity contribution in [1.29, 1.82) is 0 Å². The number of amides is 1. The van der Waals surface area contributed by atoms with Crippen molar-refractivity contribution in [2.75, 3.05) is 7.11 Å². The summed E-state index contributed by atoms with van der Waals surface area (Å²) in [5.41, 5.74) is 0. The molecule has 2 aliphatic carbocycles. The van der Waals surface area contributed by atoms with Crippen molar-refractivity contribution in [2.45, 2.75) is 44.8 Å². The van der Waals surface area contributed by atoms with Gasteiger partial charge in [0.15, 0.2) is 6.10 Å². The Morgan fingerprint density at radius 3 is 2.76 bits per heavy atom. The van der Waals surface area contributed by atoms with Gasteiger partial charge in [0.25, 0.3) is 5.91 Å². The van der Waals surface area contributed by atoms with Crippen LogP contribution in [0.1, 0.15) is 32.6 Å². The smallest absolute Gasteiger partial charge is 0.261 e. The van der Waals surface area contributed by atoms with Gasteiger partial charge in [0.2, 0.25) is 0 Å². The summed E-state index contributed by atoms with van der Waals surface area (Å²) in [4.78, 5) is 12.3. The zero-order chi connectivity index (χ0) is 14.8. The molecule has 1 aromatic rings. The van der Waals surface area contributed by atoms with Crippen LogP contribution in [-0.2, 0) is 4.79 Å². The minimum absolute atomic E-state index is 0.0182. The molecule has 4 nitrogen and oxygen atoms in total. The van der Waals surface area contributed by atoms with Crippen LogP contribution < -0.4 is 14.8 Å². The number of hydrogen-bond donors (Lipinski definition) is 1. The molecule has 4 atom stereocenters. The maximum Gasteiger partial charge on any atom is 0.261 e. The van der Waals surface area contributed by atoms with E-state index in [1.54, 1.807) is 20.1 Å². The molecular formula is C17H23NO3. The van der Waals surface area contributed by atoms with Gasteiger partial charge in [0.05, 0.1) is 7.11 Å². The molecule has 0 saturated heterocycles. The number of rotatable bonds is 5. The van der Waals surface area contributed by atoms with Crippen LogP contribution in [0.15, 0.2) is 24.3 Å². The summed E-state index contributed by atoms with van der Waals surface area (Å²) in [6, 6.07) is 7.69. The molecule has 2 fully saturated rings. The normalized spacial score (nSPS) is 28.2. The summed E-state index contributed by atoms with van der Waals surface area (Å²) in [5, 5.41) is 3.16. The Morgan fingerprint density at radius 1 is 1.29 bits per heavy atom. The molecule has 0 radical (unpaired) electrons. The minimum Gasteiger partial charge on any atom is -0.497 e. The fourth-order valence-corrected chi connectivity index (χ4v) is 3.65.